The lowest BCUT2D eigenvalue weighted by Gasteiger charge is -2.33. The van der Waals surface area contributed by atoms with Crippen molar-refractivity contribution in [3.63, 3.8) is 0 Å². The van der Waals surface area contributed by atoms with E-state index in [-0.39, 0.29) is 29.8 Å². The number of benzene rings is 3. The van der Waals surface area contributed by atoms with Gasteiger partial charge in [-0.2, -0.15) is 5.10 Å². The van der Waals surface area contributed by atoms with E-state index in [1.54, 1.807) is 42.6 Å². The maximum Gasteiger partial charge on any atom is 0.247 e. The highest BCUT2D eigenvalue weighted by molar-refractivity contribution is 7.13. The summed E-state index contributed by atoms with van der Waals surface area (Å²) in [5.41, 5.74) is 5.98. The third-order valence-electron chi connectivity index (χ3n) is 14.1. The molecule has 5 N–H and O–H groups in total. The number of amides is 4. The van der Waals surface area contributed by atoms with Crippen molar-refractivity contribution in [1.82, 2.24) is 29.9 Å². The number of allylic oxidation sites excluding steroid dienone is 2. The van der Waals surface area contributed by atoms with Gasteiger partial charge in [-0.3, -0.25) is 24.2 Å². The number of nitrogens with one attached hydrogen (secondary N) is 3. The fraction of sp³-hybridized carbons (Fsp3) is 0.484. The highest BCUT2D eigenvalue weighted by Crippen LogP contribution is 2.36. The fourth-order valence-corrected chi connectivity index (χ4v) is 9.62. The van der Waals surface area contributed by atoms with Gasteiger partial charge >= 0.3 is 0 Å². The number of anilines is 2. The van der Waals surface area contributed by atoms with Crippen LogP contribution in [0, 0.1) is 6.92 Å². The molecule has 2 unspecified atom stereocenters. The van der Waals surface area contributed by atoms with Crippen LogP contribution >= 0.6 is 11.3 Å². The third kappa shape index (κ3) is 26.3. The van der Waals surface area contributed by atoms with Crippen LogP contribution in [-0.4, -0.2) is 193 Å². The number of carbonyl (C=O) groups excluding carboxylic acids is 4. The smallest absolute Gasteiger partial charge is 0.247 e. The Morgan fingerprint density at radius 3 is 2.16 bits per heavy atom. The van der Waals surface area contributed by atoms with E-state index in [9.17, 15) is 19.2 Å². The number of carbonyl (C=O) groups is 4. The van der Waals surface area contributed by atoms with E-state index in [1.807, 2.05) is 90.7 Å². The predicted octanol–water partition coefficient (Wildman–Crippen LogP) is 7.53. The number of hydrogen-bond acceptors (Lipinski definition) is 17. The van der Waals surface area contributed by atoms with Crippen molar-refractivity contribution in [2.45, 2.75) is 83.3 Å². The van der Waals surface area contributed by atoms with Gasteiger partial charge in [0.25, 0.3) is 0 Å². The molecule has 6 rings (SSSR count). The molecule has 1 saturated carbocycles. The van der Waals surface area contributed by atoms with Gasteiger partial charge in [0, 0.05) is 75.9 Å². The number of piperazine rings is 1. The largest absolute Gasteiger partial charge is 0.494 e. The van der Waals surface area contributed by atoms with Gasteiger partial charge in [0.2, 0.25) is 24.1 Å². The Labute approximate surface area is 507 Å². The monoisotopic (exact) mass is 1190 g/mol. The Morgan fingerprint density at radius 2 is 1.52 bits per heavy atom. The van der Waals surface area contributed by atoms with Crippen LogP contribution in [0.25, 0.3) is 0 Å². The quantitative estimate of drug-likeness (QED) is 0.00847. The number of hydrazone groups is 1. The lowest BCUT2D eigenvalue weighted by Crippen LogP contribution is -2.47. The first-order valence-electron chi connectivity index (χ1n) is 29.4. The number of aliphatic imine (C=N–C) groups is 1. The highest BCUT2D eigenvalue weighted by Gasteiger charge is 2.41. The minimum atomic E-state index is -0.734. The van der Waals surface area contributed by atoms with Crippen molar-refractivity contribution in [3.05, 3.63) is 138 Å². The Bertz CT molecular complexity index is 2710. The Morgan fingerprint density at radius 1 is 0.847 bits per heavy atom. The molecule has 2 atom stereocenters. The Kier molecular flexibility index (Phi) is 31.7. The molecule has 0 spiro atoms. The molecule has 2 heterocycles. The molecule has 2 fully saturated rings. The van der Waals surface area contributed by atoms with E-state index in [0.717, 1.165) is 104 Å². The highest BCUT2D eigenvalue weighted by atomic mass is 32.1. The molecule has 20 nitrogen and oxygen atoms in total. The van der Waals surface area contributed by atoms with Crippen molar-refractivity contribution in [3.8, 4) is 11.5 Å². The number of ether oxygens (including phenoxy) is 5. The van der Waals surface area contributed by atoms with Crippen LogP contribution in [0.1, 0.15) is 73.9 Å². The van der Waals surface area contributed by atoms with Gasteiger partial charge in [-0.25, -0.2) is 4.98 Å². The topological polar surface area (TPSA) is 227 Å². The van der Waals surface area contributed by atoms with Crippen molar-refractivity contribution in [2.24, 2.45) is 15.9 Å². The summed E-state index contributed by atoms with van der Waals surface area (Å²) in [5.74, 6) is 6.96. The van der Waals surface area contributed by atoms with Crippen molar-refractivity contribution >= 4 is 58.2 Å². The van der Waals surface area contributed by atoms with Crippen LogP contribution in [-0.2, 0) is 46.2 Å². The first kappa shape index (κ1) is 68.5. The third-order valence-corrected chi connectivity index (χ3v) is 15.0. The normalized spacial score (nSPS) is 14.4. The molecule has 0 radical (unpaired) electrons. The van der Waals surface area contributed by atoms with Crippen LogP contribution in [0.2, 0.25) is 0 Å². The Hall–Kier alpha value is -7.27. The molecule has 85 heavy (non-hydrogen) atoms. The zero-order valence-corrected chi connectivity index (χ0v) is 51.4. The van der Waals surface area contributed by atoms with Gasteiger partial charge in [0.1, 0.15) is 24.1 Å². The van der Waals surface area contributed by atoms with Gasteiger partial charge in [-0.05, 0) is 120 Å². The lowest BCUT2D eigenvalue weighted by molar-refractivity contribution is -0.141. The zero-order valence-electron chi connectivity index (χ0n) is 50.6. The van der Waals surface area contributed by atoms with Crippen molar-refractivity contribution < 1.29 is 42.9 Å². The van der Waals surface area contributed by atoms with E-state index in [2.05, 4.69) is 68.1 Å². The van der Waals surface area contributed by atoms with Crippen LogP contribution in [0.4, 0.5) is 10.8 Å². The number of likely N-dealkylation sites (N-methyl/N-ethyl adjacent to an activating group) is 2. The SMILES string of the molecule is C=C/C=C(\C=C)C(C)NC(=O)C(c1ccc(C)cc1)N(C(=O)CCc1ccc(OCCCCN(C)CCOCCOCC/C(C=NCCOCCOc2ccc(NC=O)cc2)=N/N)cc1)C1CC1.CNc1nc(CC(=O)N2CCN(C)CC2)cs1. The second-order valence-electron chi connectivity index (χ2n) is 20.8. The van der Waals surface area contributed by atoms with E-state index in [0.29, 0.717) is 109 Å². The fourth-order valence-electron chi connectivity index (χ4n) is 8.95. The van der Waals surface area contributed by atoms with Crippen molar-refractivity contribution in [2.75, 3.05) is 130 Å². The van der Waals surface area contributed by atoms with Crippen LogP contribution in [0.15, 0.2) is 125 Å². The summed E-state index contributed by atoms with van der Waals surface area (Å²) in [7, 11) is 6.01. The summed E-state index contributed by atoms with van der Waals surface area (Å²) in [4.78, 5) is 67.3. The summed E-state index contributed by atoms with van der Waals surface area (Å²) in [6.07, 6.45) is 13.0. The molecule has 1 saturated heterocycles. The molecule has 462 valence electrons. The molecule has 3 aromatic carbocycles. The molecule has 4 amide bonds. The second-order valence-corrected chi connectivity index (χ2v) is 21.7. The van der Waals surface area contributed by atoms with Gasteiger partial charge in [-0.15, -0.1) is 11.3 Å². The number of hydrogen-bond donors (Lipinski definition) is 4. The molecule has 0 bridgehead atoms. The molecule has 2 aliphatic rings. The first-order valence-corrected chi connectivity index (χ1v) is 30.3. The first-order chi connectivity index (χ1) is 41.3. The van der Waals surface area contributed by atoms with Crippen molar-refractivity contribution in [1.29, 1.82) is 0 Å². The maximum absolute atomic E-state index is 14.0. The average Bonchev–Trinajstić information content (AvgIpc) is 4.37. The summed E-state index contributed by atoms with van der Waals surface area (Å²) in [6, 6.07) is 21.9. The van der Waals surface area contributed by atoms with E-state index in [4.69, 9.17) is 29.5 Å². The molecular weight excluding hydrogens is 1100 g/mol. The molecule has 1 aliphatic carbocycles. The molecular formula is C64H91N11O9S. The second kappa shape index (κ2) is 39.4. The van der Waals surface area contributed by atoms with Gasteiger partial charge < -0.3 is 65.1 Å². The molecule has 1 aliphatic heterocycles. The summed E-state index contributed by atoms with van der Waals surface area (Å²) < 4.78 is 28.7. The molecule has 21 heteroatoms. The molecule has 4 aromatic rings. The van der Waals surface area contributed by atoms with Crippen LogP contribution < -0.4 is 31.3 Å². The molecule has 1 aromatic heterocycles. The number of nitrogens with two attached hydrogens (primary N) is 1. The number of rotatable bonds is 39. The number of aryl methyl sites for hydroxylation is 2. The number of unbranched alkanes of at least 4 members (excludes halogenated alkanes) is 1. The standard InChI is InChI=1S/C53H73N7O8.C11H18N4OS/c1-6-10-44(7-2)42(4)57-53(63)52(45-16-11-41(3)12-17-45)60(48-20-21-48)51(62)26-15-43-13-22-49(23-14-43)67-31-9-8-29-59(5)30-34-66-36-35-64-32-27-47(58-54)39-55-28-33-65-37-38-68-50-24-18-46(19-25-50)56-40-61;1-12-11-13-9(8-17-11)7-10(16)15-5-3-14(2)4-6-15/h6-7,10-14,16-19,22-25,39-40,42,48,52H,1-2,8-9,15,20-21,26-38,54H2,3-5H3,(H,56,61)(H,57,63);8H,3-7H2,1-2H3,(H,12,13)/b44-10+,55-39?,58-47-;. The maximum atomic E-state index is 14.0. The minimum Gasteiger partial charge on any atom is -0.494 e. The summed E-state index contributed by atoms with van der Waals surface area (Å²) >= 11 is 1.54. The van der Waals surface area contributed by atoms with Gasteiger partial charge in [0.15, 0.2) is 5.13 Å². The number of aromatic nitrogens is 1. The van der Waals surface area contributed by atoms with Gasteiger partial charge in [0.05, 0.1) is 76.7 Å². The van der Waals surface area contributed by atoms with E-state index in [1.165, 1.54) is 11.3 Å². The van der Waals surface area contributed by atoms with Crippen LogP contribution in [0.3, 0.4) is 0 Å². The van der Waals surface area contributed by atoms with E-state index < -0.39 is 6.04 Å². The number of thiazole rings is 1. The zero-order chi connectivity index (χ0) is 61.0. The van der Waals surface area contributed by atoms with E-state index >= 15 is 0 Å². The Balaban J connectivity index is 0.000000659. The van der Waals surface area contributed by atoms with Crippen LogP contribution in [0.5, 0.6) is 11.5 Å². The number of nitrogens with zero attached hydrogens (tertiary/aromatic N) is 7. The summed E-state index contributed by atoms with van der Waals surface area (Å²) in [5, 5.41) is 15.3. The predicted molar refractivity (Wildman–Crippen MR) is 340 cm³/mol. The van der Waals surface area contributed by atoms with Gasteiger partial charge in [-0.1, -0.05) is 73.3 Å². The average molecular weight is 1190 g/mol. The minimum absolute atomic E-state index is 0.0331. The summed E-state index contributed by atoms with van der Waals surface area (Å²) in [6.45, 7) is 21.3. The lowest BCUT2D eigenvalue weighted by atomic mass is 10.00.